The molecule has 1 aromatic rings. The van der Waals surface area contributed by atoms with E-state index in [1.807, 2.05) is 25.1 Å². The molecule has 5 heteroatoms. The predicted octanol–water partition coefficient (Wildman–Crippen LogP) is 2.17. The van der Waals surface area contributed by atoms with Gasteiger partial charge in [-0.2, -0.15) is 0 Å². The third-order valence-corrected chi connectivity index (χ3v) is 3.74. The first kappa shape index (κ1) is 15.4. The van der Waals surface area contributed by atoms with Crippen molar-refractivity contribution in [2.45, 2.75) is 26.7 Å². The molecule has 0 saturated heterocycles. The van der Waals surface area contributed by atoms with E-state index in [-0.39, 0.29) is 12.5 Å². The molecule has 0 saturated carbocycles. The van der Waals surface area contributed by atoms with Crippen molar-refractivity contribution in [2.75, 3.05) is 25.2 Å². The summed E-state index contributed by atoms with van der Waals surface area (Å²) in [5, 5.41) is 0. The summed E-state index contributed by atoms with van der Waals surface area (Å²) >= 11 is 0. The van der Waals surface area contributed by atoms with E-state index in [1.54, 1.807) is 18.9 Å². The first-order valence-corrected chi connectivity index (χ1v) is 7.27. The van der Waals surface area contributed by atoms with E-state index >= 15 is 0 Å². The zero-order valence-electron chi connectivity index (χ0n) is 12.7. The maximum absolute atomic E-state index is 12.6. The Balaban J connectivity index is 2.37. The number of esters is 1. The third-order valence-electron chi connectivity index (χ3n) is 3.74. The highest BCUT2D eigenvalue weighted by atomic mass is 16.5. The molecule has 1 amide bonds. The number of aryl methyl sites for hydroxylation is 1. The quantitative estimate of drug-likeness (QED) is 0.630. The van der Waals surface area contributed by atoms with Crippen LogP contribution < -0.4 is 9.64 Å². The highest BCUT2D eigenvalue weighted by molar-refractivity contribution is 6.07. The van der Waals surface area contributed by atoms with Gasteiger partial charge in [-0.1, -0.05) is 6.07 Å². The molecular weight excluding hydrogens is 270 g/mol. The molecule has 0 radical (unpaired) electrons. The molecule has 1 aromatic carbocycles. The fourth-order valence-corrected chi connectivity index (χ4v) is 2.65. The first-order chi connectivity index (χ1) is 10.1. The number of amides is 1. The van der Waals surface area contributed by atoms with E-state index in [9.17, 15) is 9.59 Å². The number of methoxy groups -OCH3 is 1. The van der Waals surface area contributed by atoms with Crippen LogP contribution in [0.3, 0.4) is 0 Å². The number of anilines is 1. The van der Waals surface area contributed by atoms with Gasteiger partial charge in [0.15, 0.2) is 0 Å². The number of carbonyl (C=O) groups excluding carboxylic acids is 2. The van der Waals surface area contributed by atoms with Crippen LogP contribution in [0.1, 0.15) is 25.8 Å². The van der Waals surface area contributed by atoms with Gasteiger partial charge >= 0.3 is 5.97 Å². The Labute approximate surface area is 124 Å². The zero-order valence-corrected chi connectivity index (χ0v) is 12.7. The second kappa shape index (κ2) is 6.61. The van der Waals surface area contributed by atoms with Gasteiger partial charge in [-0.3, -0.25) is 9.59 Å². The van der Waals surface area contributed by atoms with Gasteiger partial charge in [-0.15, -0.1) is 0 Å². The molecule has 114 valence electrons. The summed E-state index contributed by atoms with van der Waals surface area (Å²) in [6, 6.07) is 5.68. The van der Waals surface area contributed by atoms with E-state index < -0.39 is 11.9 Å². The SMILES string of the molecule is CCOC(=O)[C@@H]1CCc2ccc(OC)cc2N(CC)C1=O. The lowest BCUT2D eigenvalue weighted by atomic mass is 10.0. The molecule has 0 spiro atoms. The lowest BCUT2D eigenvalue weighted by Gasteiger charge is -2.24. The third kappa shape index (κ3) is 3.01. The average molecular weight is 291 g/mol. The summed E-state index contributed by atoms with van der Waals surface area (Å²) in [5.41, 5.74) is 1.88. The number of nitrogens with zero attached hydrogens (tertiary/aromatic N) is 1. The van der Waals surface area contributed by atoms with Gasteiger partial charge in [0, 0.05) is 12.6 Å². The van der Waals surface area contributed by atoms with Gasteiger partial charge in [-0.25, -0.2) is 0 Å². The molecule has 0 bridgehead atoms. The normalized spacial score (nSPS) is 18.0. The second-order valence-corrected chi connectivity index (χ2v) is 4.92. The Morgan fingerprint density at radius 1 is 1.38 bits per heavy atom. The number of benzene rings is 1. The average Bonchev–Trinajstić information content (AvgIpc) is 2.62. The Hall–Kier alpha value is -2.04. The van der Waals surface area contributed by atoms with E-state index in [2.05, 4.69) is 0 Å². The molecule has 2 rings (SSSR count). The first-order valence-electron chi connectivity index (χ1n) is 7.27. The molecule has 1 atom stereocenters. The molecule has 1 aliphatic heterocycles. The smallest absolute Gasteiger partial charge is 0.318 e. The van der Waals surface area contributed by atoms with Crippen LogP contribution in [0, 0.1) is 5.92 Å². The standard InChI is InChI=1S/C16H21NO4/c1-4-17-14-10-12(20-3)8-6-11(14)7-9-13(15(17)18)16(19)21-5-2/h6,8,10,13H,4-5,7,9H2,1-3H3/t13-/m1/s1. The molecule has 0 aliphatic carbocycles. The minimum atomic E-state index is -0.719. The maximum Gasteiger partial charge on any atom is 0.318 e. The fraction of sp³-hybridized carbons (Fsp3) is 0.500. The maximum atomic E-state index is 12.6. The van der Waals surface area contributed by atoms with Crippen LogP contribution in [0.15, 0.2) is 18.2 Å². The molecule has 21 heavy (non-hydrogen) atoms. The minimum Gasteiger partial charge on any atom is -0.497 e. The van der Waals surface area contributed by atoms with Crippen molar-refractivity contribution in [3.63, 3.8) is 0 Å². The van der Waals surface area contributed by atoms with Gasteiger partial charge in [-0.05, 0) is 38.3 Å². The summed E-state index contributed by atoms with van der Waals surface area (Å²) < 4.78 is 10.3. The number of carbonyl (C=O) groups is 2. The summed E-state index contributed by atoms with van der Waals surface area (Å²) in [5.74, 6) is -0.637. The Morgan fingerprint density at radius 3 is 2.76 bits per heavy atom. The molecule has 0 fully saturated rings. The van der Waals surface area contributed by atoms with Crippen molar-refractivity contribution in [3.05, 3.63) is 23.8 Å². The number of rotatable bonds is 4. The largest absolute Gasteiger partial charge is 0.497 e. The number of ether oxygens (including phenoxy) is 2. The molecule has 0 aromatic heterocycles. The lowest BCUT2D eigenvalue weighted by molar-refractivity contribution is -0.151. The van der Waals surface area contributed by atoms with Gasteiger partial charge in [0.05, 0.1) is 19.4 Å². The van der Waals surface area contributed by atoms with Crippen LogP contribution in [-0.4, -0.2) is 32.1 Å². The monoisotopic (exact) mass is 291 g/mol. The van der Waals surface area contributed by atoms with Gasteiger partial charge < -0.3 is 14.4 Å². The summed E-state index contributed by atoms with van der Waals surface area (Å²) in [6.07, 6.45) is 1.15. The molecule has 0 unspecified atom stereocenters. The van der Waals surface area contributed by atoms with Gasteiger partial charge in [0.2, 0.25) is 5.91 Å². The Kier molecular flexibility index (Phi) is 4.83. The molecule has 1 aliphatic rings. The molecule has 1 heterocycles. The minimum absolute atomic E-state index is 0.192. The molecule has 5 nitrogen and oxygen atoms in total. The highest BCUT2D eigenvalue weighted by Gasteiger charge is 2.35. The lowest BCUT2D eigenvalue weighted by Crippen LogP contribution is -2.39. The summed E-state index contributed by atoms with van der Waals surface area (Å²) in [4.78, 5) is 26.3. The van der Waals surface area contributed by atoms with Crippen LogP contribution in [0.2, 0.25) is 0 Å². The van der Waals surface area contributed by atoms with Crippen molar-refractivity contribution in [1.29, 1.82) is 0 Å². The second-order valence-electron chi connectivity index (χ2n) is 4.92. The van der Waals surface area contributed by atoms with Crippen molar-refractivity contribution < 1.29 is 19.1 Å². The topological polar surface area (TPSA) is 55.8 Å². The number of hydrogen-bond acceptors (Lipinski definition) is 4. The van der Waals surface area contributed by atoms with E-state index in [4.69, 9.17) is 9.47 Å². The van der Waals surface area contributed by atoms with E-state index in [0.29, 0.717) is 25.1 Å². The van der Waals surface area contributed by atoms with Crippen LogP contribution in [0.4, 0.5) is 5.69 Å². The van der Waals surface area contributed by atoms with Crippen LogP contribution >= 0.6 is 0 Å². The number of hydrogen-bond donors (Lipinski definition) is 0. The van der Waals surface area contributed by atoms with Crippen molar-refractivity contribution in [3.8, 4) is 5.75 Å². The summed E-state index contributed by atoms with van der Waals surface area (Å²) in [7, 11) is 1.60. The van der Waals surface area contributed by atoms with Crippen LogP contribution in [-0.2, 0) is 20.7 Å². The summed E-state index contributed by atoms with van der Waals surface area (Å²) in [6.45, 7) is 4.44. The van der Waals surface area contributed by atoms with Crippen molar-refractivity contribution >= 4 is 17.6 Å². The van der Waals surface area contributed by atoms with Crippen molar-refractivity contribution in [2.24, 2.45) is 5.92 Å². The van der Waals surface area contributed by atoms with Crippen LogP contribution in [0.5, 0.6) is 5.75 Å². The van der Waals surface area contributed by atoms with Crippen LogP contribution in [0.25, 0.3) is 0 Å². The van der Waals surface area contributed by atoms with E-state index in [1.165, 1.54) is 0 Å². The zero-order chi connectivity index (χ0) is 15.4. The fourth-order valence-electron chi connectivity index (χ4n) is 2.65. The van der Waals surface area contributed by atoms with E-state index in [0.717, 1.165) is 11.3 Å². The predicted molar refractivity (Wildman–Crippen MR) is 79.5 cm³/mol. The Morgan fingerprint density at radius 2 is 2.14 bits per heavy atom. The molecule has 0 N–H and O–H groups in total. The van der Waals surface area contributed by atoms with Gasteiger partial charge in [0.25, 0.3) is 0 Å². The van der Waals surface area contributed by atoms with Crippen molar-refractivity contribution in [1.82, 2.24) is 0 Å². The van der Waals surface area contributed by atoms with Gasteiger partial charge in [0.1, 0.15) is 11.7 Å². The number of fused-ring (bicyclic) bond motifs is 1. The highest BCUT2D eigenvalue weighted by Crippen LogP contribution is 2.32. The molecular formula is C16H21NO4. The Bertz CT molecular complexity index is 541.